The first-order chi connectivity index (χ1) is 28.4. The van der Waals surface area contributed by atoms with E-state index in [9.17, 15) is 14.4 Å². The van der Waals surface area contributed by atoms with Gasteiger partial charge in [-0.15, -0.1) is 0 Å². The number of hydrogen-bond donors (Lipinski definition) is 5. The Labute approximate surface area is 341 Å². The van der Waals surface area contributed by atoms with E-state index in [2.05, 4.69) is 75.6 Å². The van der Waals surface area contributed by atoms with Crippen molar-refractivity contribution in [3.8, 4) is 28.3 Å². The number of pyridine rings is 1. The first-order valence-corrected chi connectivity index (χ1v) is 20.0. The van der Waals surface area contributed by atoms with Crippen LogP contribution in [0, 0.1) is 6.92 Å². The lowest BCUT2D eigenvalue weighted by atomic mass is 9.76. The number of carbonyl (C=O) groups is 3. The highest BCUT2D eigenvalue weighted by atomic mass is 16.5. The van der Waals surface area contributed by atoms with Crippen molar-refractivity contribution in [2.24, 2.45) is 0 Å². The monoisotopic (exact) mass is 796 g/mol. The van der Waals surface area contributed by atoms with Crippen molar-refractivity contribution < 1.29 is 23.6 Å². The predicted molar refractivity (Wildman–Crippen MR) is 222 cm³/mol. The van der Waals surface area contributed by atoms with Crippen LogP contribution in [0.15, 0.2) is 77.7 Å². The third-order valence-corrected chi connectivity index (χ3v) is 11.0. The van der Waals surface area contributed by atoms with Crippen LogP contribution in [0.1, 0.15) is 98.5 Å². The molecule has 2 fully saturated rings. The topological polar surface area (TPSA) is 202 Å². The summed E-state index contributed by atoms with van der Waals surface area (Å²) in [6.07, 6.45) is 5.59. The molecule has 2 aromatic carbocycles. The van der Waals surface area contributed by atoms with Gasteiger partial charge in [-0.25, -0.2) is 15.0 Å². The lowest BCUT2D eigenvalue weighted by Crippen LogP contribution is -2.46. The summed E-state index contributed by atoms with van der Waals surface area (Å²) >= 11 is 0. The van der Waals surface area contributed by atoms with Gasteiger partial charge in [0.25, 0.3) is 5.91 Å². The summed E-state index contributed by atoms with van der Waals surface area (Å²) in [6, 6.07) is 20.2. The molecule has 5 N–H and O–H groups in total. The molecule has 1 aliphatic heterocycles. The molecule has 8 rings (SSSR count). The van der Waals surface area contributed by atoms with E-state index in [1.165, 1.54) is 5.56 Å². The number of ether oxygens (including phenoxy) is 1. The standard InChI is InChI=1S/C44H48N10O5/c1-24-18-27(8-12-32(24)25(2)50-41(57)42-53-43(54-59-42)44(3,4)5)38-33-21-34(51-39(33)49-23-48-38)28-9-14-36(47-22-28)46-17-16-45-30-19-29(20-30)26-6-10-31(11-7-26)58-35-13-15-37(55)52-40(35)56/h6-12,14,18,21-23,25,29-30,35,45H,13,15-17,19-20H2,1-5H3,(H,46,47)(H,50,57)(H,48,49,51)(H,52,55,56)/t25-,29?,30?,35-/m1/s1. The smallest absolute Gasteiger partial charge is 0.315 e. The molecular formula is C44H48N10O5. The van der Waals surface area contributed by atoms with Gasteiger partial charge in [0.15, 0.2) is 11.9 Å². The zero-order valence-corrected chi connectivity index (χ0v) is 33.8. The fraction of sp³-hybridized carbons (Fsp3) is 0.364. The number of nitrogens with one attached hydrogen (secondary N) is 5. The molecule has 304 valence electrons. The van der Waals surface area contributed by atoms with Crippen LogP contribution in [0.4, 0.5) is 5.82 Å². The number of amides is 3. The molecule has 0 unspecified atom stereocenters. The van der Waals surface area contributed by atoms with Gasteiger partial charge >= 0.3 is 11.8 Å². The van der Waals surface area contributed by atoms with Crippen LogP contribution in [-0.2, 0) is 15.0 Å². The Morgan fingerprint density at radius 1 is 0.983 bits per heavy atom. The van der Waals surface area contributed by atoms with Gasteiger partial charge in [-0.3, -0.25) is 19.7 Å². The minimum Gasteiger partial charge on any atom is -0.481 e. The Hall–Kier alpha value is -6.48. The number of hydrogen-bond acceptors (Lipinski definition) is 12. The van der Waals surface area contributed by atoms with E-state index in [4.69, 9.17) is 9.26 Å². The molecule has 0 spiro atoms. The fourth-order valence-electron chi connectivity index (χ4n) is 7.54. The number of anilines is 1. The summed E-state index contributed by atoms with van der Waals surface area (Å²) in [7, 11) is 0. The van der Waals surface area contributed by atoms with Gasteiger partial charge in [-0.1, -0.05) is 50.2 Å². The molecule has 1 aliphatic carbocycles. The molecule has 3 amide bonds. The first-order valence-electron chi connectivity index (χ1n) is 20.0. The van der Waals surface area contributed by atoms with Crippen molar-refractivity contribution in [2.75, 3.05) is 18.4 Å². The van der Waals surface area contributed by atoms with E-state index in [1.54, 1.807) is 6.33 Å². The predicted octanol–water partition coefficient (Wildman–Crippen LogP) is 6.30. The Kier molecular flexibility index (Phi) is 10.9. The maximum absolute atomic E-state index is 12.9. The Morgan fingerprint density at radius 3 is 2.49 bits per heavy atom. The molecule has 4 aromatic heterocycles. The summed E-state index contributed by atoms with van der Waals surface area (Å²) in [6.45, 7) is 11.4. The van der Waals surface area contributed by atoms with Gasteiger partial charge in [0.1, 0.15) is 23.5 Å². The van der Waals surface area contributed by atoms with Gasteiger partial charge in [0, 0.05) is 65.8 Å². The number of fused-ring (bicyclic) bond motifs is 1. The summed E-state index contributed by atoms with van der Waals surface area (Å²) in [5.74, 6) is 1.30. The van der Waals surface area contributed by atoms with E-state index in [1.807, 2.05) is 77.2 Å². The summed E-state index contributed by atoms with van der Waals surface area (Å²) in [4.78, 5) is 57.8. The minimum absolute atomic E-state index is 0.0560. The molecule has 59 heavy (non-hydrogen) atoms. The Morgan fingerprint density at radius 2 is 1.78 bits per heavy atom. The zero-order valence-electron chi connectivity index (χ0n) is 33.8. The molecule has 1 saturated heterocycles. The number of piperidine rings is 1. The molecule has 0 bridgehead atoms. The average Bonchev–Trinajstić information content (AvgIpc) is 3.88. The van der Waals surface area contributed by atoms with Crippen molar-refractivity contribution >= 4 is 34.6 Å². The fourth-order valence-corrected chi connectivity index (χ4v) is 7.54. The van der Waals surface area contributed by atoms with Crippen LogP contribution in [0.5, 0.6) is 5.75 Å². The molecular weight excluding hydrogens is 749 g/mol. The second kappa shape index (κ2) is 16.4. The number of aromatic nitrogens is 6. The molecule has 6 aromatic rings. The zero-order chi connectivity index (χ0) is 41.3. The maximum Gasteiger partial charge on any atom is 0.315 e. The van der Waals surface area contributed by atoms with Gasteiger partial charge in [0.2, 0.25) is 5.91 Å². The van der Waals surface area contributed by atoms with Crippen LogP contribution in [0.3, 0.4) is 0 Å². The summed E-state index contributed by atoms with van der Waals surface area (Å²) in [5.41, 5.74) is 7.18. The van der Waals surface area contributed by atoms with Crippen molar-refractivity contribution in [3.63, 3.8) is 0 Å². The molecule has 2 atom stereocenters. The minimum atomic E-state index is -0.628. The average molecular weight is 797 g/mol. The highest BCUT2D eigenvalue weighted by Crippen LogP contribution is 2.38. The summed E-state index contributed by atoms with van der Waals surface area (Å²) < 4.78 is 11.0. The quantitative estimate of drug-likeness (QED) is 0.0646. The number of imide groups is 1. The second-order valence-corrected chi connectivity index (χ2v) is 16.4. The third kappa shape index (κ3) is 8.84. The Bertz CT molecular complexity index is 2480. The number of rotatable bonds is 13. The lowest BCUT2D eigenvalue weighted by Gasteiger charge is -2.36. The number of benzene rings is 2. The van der Waals surface area contributed by atoms with E-state index >= 15 is 0 Å². The molecule has 1 saturated carbocycles. The maximum atomic E-state index is 12.9. The van der Waals surface area contributed by atoms with E-state index in [-0.39, 0.29) is 29.2 Å². The number of H-pyrrole nitrogens is 1. The van der Waals surface area contributed by atoms with Crippen molar-refractivity contribution in [1.29, 1.82) is 0 Å². The van der Waals surface area contributed by atoms with Crippen molar-refractivity contribution in [3.05, 3.63) is 102 Å². The van der Waals surface area contributed by atoms with E-state index in [0.717, 1.165) is 76.4 Å². The highest BCUT2D eigenvalue weighted by molar-refractivity contribution is 6.00. The first kappa shape index (κ1) is 39.4. The normalized spacial score (nSPS) is 18.6. The van der Waals surface area contributed by atoms with Crippen molar-refractivity contribution in [2.45, 2.75) is 89.8 Å². The highest BCUT2D eigenvalue weighted by Gasteiger charge is 2.31. The number of carbonyl (C=O) groups excluding carboxylic acids is 3. The number of aromatic amines is 1. The van der Waals surface area contributed by atoms with Gasteiger partial charge < -0.3 is 30.2 Å². The number of nitrogens with zero attached hydrogens (tertiary/aromatic N) is 5. The van der Waals surface area contributed by atoms with E-state index in [0.29, 0.717) is 36.4 Å². The number of aryl methyl sites for hydroxylation is 1. The van der Waals surface area contributed by atoms with Crippen LogP contribution in [0.2, 0.25) is 0 Å². The molecule has 15 heteroatoms. The van der Waals surface area contributed by atoms with Crippen LogP contribution in [-0.4, -0.2) is 73.0 Å². The molecule has 5 heterocycles. The largest absolute Gasteiger partial charge is 0.481 e. The van der Waals surface area contributed by atoms with Gasteiger partial charge in [-0.05, 0) is 85.7 Å². The van der Waals surface area contributed by atoms with Gasteiger partial charge in [0.05, 0.1) is 11.7 Å². The van der Waals surface area contributed by atoms with Crippen molar-refractivity contribution in [1.82, 2.24) is 46.0 Å². The van der Waals surface area contributed by atoms with Crippen LogP contribution < -0.4 is 26.0 Å². The molecule has 15 nitrogen and oxygen atoms in total. The van der Waals surface area contributed by atoms with E-state index < -0.39 is 12.0 Å². The Balaban J connectivity index is 0.811. The van der Waals surface area contributed by atoms with Gasteiger partial charge in [-0.2, -0.15) is 4.98 Å². The van der Waals surface area contributed by atoms with Crippen LogP contribution >= 0.6 is 0 Å². The lowest BCUT2D eigenvalue weighted by molar-refractivity contribution is -0.138. The summed E-state index contributed by atoms with van der Waals surface area (Å²) in [5, 5.41) is 17.2. The second-order valence-electron chi connectivity index (χ2n) is 16.4. The van der Waals surface area contributed by atoms with Crippen LogP contribution in [0.25, 0.3) is 33.5 Å². The molecule has 0 radical (unpaired) electrons. The third-order valence-electron chi connectivity index (χ3n) is 11.0. The SMILES string of the molecule is Cc1cc(-c2ncnc3[nH]c(-c4ccc(NCCNC5CC(c6ccc(O[C@@H]7CCC(=O)NC7=O)cc6)C5)nc4)cc23)ccc1[C@@H](C)NC(=O)c1nc(C(C)(C)C)no1. The molecule has 2 aliphatic rings.